The van der Waals surface area contributed by atoms with Gasteiger partial charge >= 0.3 is 191 Å². The van der Waals surface area contributed by atoms with Crippen molar-refractivity contribution < 1.29 is 4.79 Å². The topological polar surface area (TPSA) is 47.8 Å². The zero-order valence-corrected chi connectivity index (χ0v) is 20.4. The van der Waals surface area contributed by atoms with Crippen LogP contribution in [0.3, 0.4) is 0 Å². The van der Waals surface area contributed by atoms with Crippen LogP contribution in [0.15, 0.2) is 85.3 Å². The molecule has 0 amide bonds. The van der Waals surface area contributed by atoms with E-state index < -0.39 is 0 Å². The van der Waals surface area contributed by atoms with Gasteiger partial charge in [-0.2, -0.15) is 0 Å². The normalized spacial score (nSPS) is 11.4. The van der Waals surface area contributed by atoms with E-state index in [0.717, 1.165) is 31.5 Å². The number of carbonyl (C=O) groups is 1. The fraction of sp³-hybridized carbons (Fsp3) is 0.0870. The van der Waals surface area contributed by atoms with E-state index in [9.17, 15) is 4.79 Å². The van der Waals surface area contributed by atoms with E-state index in [-0.39, 0.29) is 8.88 Å². The van der Waals surface area contributed by atoms with E-state index in [2.05, 4.69) is 38.8 Å². The number of hydrogen-bond acceptors (Lipinski definition) is 3. The number of imidazole rings is 1. The number of hydrogen-bond donors (Lipinski definition) is 0. The van der Waals surface area contributed by atoms with Gasteiger partial charge in [0.05, 0.1) is 0 Å². The van der Waals surface area contributed by atoms with Crippen molar-refractivity contribution in [3.05, 3.63) is 119 Å². The van der Waals surface area contributed by atoms with Crippen LogP contribution in [0.4, 0.5) is 0 Å². The molecule has 4 rings (SSSR count). The molecule has 0 unspecified atom stereocenters. The van der Waals surface area contributed by atoms with Gasteiger partial charge in [-0.25, -0.2) is 0 Å². The van der Waals surface area contributed by atoms with Gasteiger partial charge in [0.1, 0.15) is 0 Å². The predicted molar refractivity (Wildman–Crippen MR) is 114 cm³/mol. The van der Waals surface area contributed by atoms with Crippen LogP contribution >= 0.6 is 11.6 Å². The molecule has 4 aromatic rings. The monoisotopic (exact) mass is 594 g/mol. The summed E-state index contributed by atoms with van der Waals surface area (Å²) in [5.41, 5.74) is 3.89. The molecule has 0 aliphatic rings. The molecule has 3 radical (unpaired) electrons. The summed E-state index contributed by atoms with van der Waals surface area (Å²) in [7, 11) is 0. The summed E-state index contributed by atoms with van der Waals surface area (Å²) in [6.45, 7) is 1.94. The van der Waals surface area contributed by atoms with Crippen molar-refractivity contribution in [1.82, 2.24) is 14.5 Å². The third-order valence-corrected chi connectivity index (χ3v) is 8.33. The molecular formula is C23H17ClN3OPb. The summed E-state index contributed by atoms with van der Waals surface area (Å²) in [6.07, 6.45) is 3.25. The number of pyridine rings is 1. The van der Waals surface area contributed by atoms with E-state index in [4.69, 9.17) is 11.6 Å². The van der Waals surface area contributed by atoms with Crippen LogP contribution in [0.25, 0.3) is 0 Å². The van der Waals surface area contributed by atoms with E-state index in [1.807, 2.05) is 43.3 Å². The number of aromatic nitrogens is 3. The average Bonchev–Trinajstić information content (AvgIpc) is 3.16. The van der Waals surface area contributed by atoms with Crippen LogP contribution < -0.4 is 0 Å². The van der Waals surface area contributed by atoms with Crippen LogP contribution in [0.2, 0.25) is 5.02 Å². The summed E-state index contributed by atoms with van der Waals surface area (Å²) < 4.78 is 1.73. The van der Waals surface area contributed by atoms with Gasteiger partial charge in [-0.05, 0) is 0 Å². The molecule has 0 aliphatic heterocycles. The molecule has 0 bridgehead atoms. The molecule has 6 heteroatoms. The van der Waals surface area contributed by atoms with Crippen molar-refractivity contribution in [1.29, 1.82) is 0 Å². The molecule has 0 atom stereocenters. The standard InChI is InChI=1S/C23H17ClN3O.Pb/c1-16-21(23(28)20-13-12-19(24)14-25-20)26-15-27(16)22(17-8-4-2-5-9-17)18-10-6-3-7-11-18;/h2-15H,1H3;. The van der Waals surface area contributed by atoms with Crippen molar-refractivity contribution in [3.8, 4) is 0 Å². The van der Waals surface area contributed by atoms with E-state index in [1.54, 1.807) is 18.5 Å². The molecule has 0 saturated heterocycles. The van der Waals surface area contributed by atoms with Gasteiger partial charge in [-0.15, -0.1) is 0 Å². The average molecular weight is 594 g/mol. The molecule has 0 aliphatic carbocycles. The van der Waals surface area contributed by atoms with Crippen molar-refractivity contribution >= 4 is 43.2 Å². The Morgan fingerprint density at radius 2 is 1.52 bits per heavy atom. The first-order valence-electron chi connectivity index (χ1n) is 9.08. The van der Waals surface area contributed by atoms with Gasteiger partial charge in [-0.3, -0.25) is 0 Å². The van der Waals surface area contributed by atoms with Crippen LogP contribution in [0.5, 0.6) is 0 Å². The fourth-order valence-corrected chi connectivity index (χ4v) is 5.69. The van der Waals surface area contributed by atoms with Crippen LogP contribution in [0, 0.1) is 6.92 Å². The Kier molecular flexibility index (Phi) is 5.65. The Balaban J connectivity index is 1.85. The minimum absolute atomic E-state index is 0.206. The number of benzene rings is 2. The third kappa shape index (κ3) is 3.67. The Bertz CT molecular complexity index is 1100. The molecule has 29 heavy (non-hydrogen) atoms. The molecule has 0 saturated carbocycles. The zero-order valence-electron chi connectivity index (χ0n) is 15.7. The first kappa shape index (κ1) is 20.0. The van der Waals surface area contributed by atoms with Crippen molar-refractivity contribution in [3.63, 3.8) is 0 Å². The van der Waals surface area contributed by atoms with Crippen LogP contribution in [0.1, 0.15) is 33.0 Å². The first-order valence-corrected chi connectivity index (χ1v) is 11.4. The molecule has 141 valence electrons. The molecule has 2 aromatic heterocycles. The number of carbonyl (C=O) groups excluding carboxylic acids is 1. The quantitative estimate of drug-likeness (QED) is 0.255. The Morgan fingerprint density at radius 1 is 0.931 bits per heavy atom. The predicted octanol–water partition coefficient (Wildman–Crippen LogP) is 4.39. The van der Waals surface area contributed by atoms with E-state index in [1.165, 1.54) is 17.3 Å². The number of rotatable bonds is 5. The molecule has 0 spiro atoms. The van der Waals surface area contributed by atoms with E-state index in [0.29, 0.717) is 16.4 Å². The third-order valence-electron chi connectivity index (χ3n) is 4.93. The molecule has 0 N–H and O–H groups in total. The maximum absolute atomic E-state index is 13.0. The van der Waals surface area contributed by atoms with Crippen LogP contribution in [-0.2, 0) is 3.10 Å². The zero-order chi connectivity index (χ0) is 20.4. The summed E-state index contributed by atoms with van der Waals surface area (Å²) in [4.78, 5) is 21.7. The van der Waals surface area contributed by atoms with Gasteiger partial charge in [0, 0.05) is 0 Å². The summed E-state index contributed by atoms with van der Waals surface area (Å²) >= 11 is 6.69. The summed E-state index contributed by atoms with van der Waals surface area (Å²) in [6, 6.07) is 24.0. The van der Waals surface area contributed by atoms with Gasteiger partial charge in [0.25, 0.3) is 0 Å². The SMILES string of the molecule is Cc1c(C(=O)c2ccc(Cl)cn2)ncn1[C]([Pb])(c1ccccc1)c1ccccc1. The van der Waals surface area contributed by atoms with Crippen LogP contribution in [-0.4, -0.2) is 46.1 Å². The second kappa shape index (κ2) is 8.20. The second-order valence-electron chi connectivity index (χ2n) is 6.68. The second-order valence-corrected chi connectivity index (χ2v) is 9.93. The molecule has 2 aromatic carbocycles. The van der Waals surface area contributed by atoms with Gasteiger partial charge in [0.15, 0.2) is 0 Å². The van der Waals surface area contributed by atoms with Gasteiger partial charge in [0.2, 0.25) is 0 Å². The van der Waals surface area contributed by atoms with Crippen molar-refractivity contribution in [2.45, 2.75) is 10.0 Å². The Hall–Kier alpha value is -2.32. The summed E-state index contributed by atoms with van der Waals surface area (Å²) in [5.74, 6) is -0.206. The van der Waals surface area contributed by atoms with Gasteiger partial charge < -0.3 is 0 Å². The number of ketones is 1. The summed E-state index contributed by atoms with van der Waals surface area (Å²) in [5, 5.41) is 0.496. The fourth-order valence-electron chi connectivity index (χ4n) is 3.41. The Labute approximate surface area is 190 Å². The van der Waals surface area contributed by atoms with Crippen molar-refractivity contribution in [2.24, 2.45) is 0 Å². The Morgan fingerprint density at radius 3 is 2.03 bits per heavy atom. The molecular weight excluding hydrogens is 577 g/mol. The first-order chi connectivity index (χ1) is 14.0. The van der Waals surface area contributed by atoms with Gasteiger partial charge in [-0.1, -0.05) is 0 Å². The molecule has 0 fully saturated rings. The maximum atomic E-state index is 13.0. The number of halogens is 1. The van der Waals surface area contributed by atoms with Crippen molar-refractivity contribution in [2.75, 3.05) is 0 Å². The van der Waals surface area contributed by atoms with E-state index >= 15 is 0 Å². The molecule has 4 nitrogen and oxygen atoms in total. The number of nitrogens with zero attached hydrogens (tertiary/aromatic N) is 3. The minimum atomic E-state index is -0.383. The molecule has 2 heterocycles.